The van der Waals surface area contributed by atoms with E-state index in [9.17, 15) is 14.9 Å². The summed E-state index contributed by atoms with van der Waals surface area (Å²) in [5, 5.41) is 10.8. The highest BCUT2D eigenvalue weighted by Crippen LogP contribution is 2.28. The molecule has 7 heteroatoms. The van der Waals surface area contributed by atoms with Gasteiger partial charge in [-0.25, -0.2) is 0 Å². The number of carbonyl (C=O) groups is 1. The molecule has 0 aliphatic heterocycles. The fourth-order valence-corrected chi connectivity index (χ4v) is 2.41. The summed E-state index contributed by atoms with van der Waals surface area (Å²) in [4.78, 5) is 26.4. The van der Waals surface area contributed by atoms with Crippen LogP contribution in [0.3, 0.4) is 0 Å². The van der Waals surface area contributed by atoms with Gasteiger partial charge in [-0.3, -0.25) is 14.9 Å². The van der Waals surface area contributed by atoms with Crippen LogP contribution >= 0.6 is 11.6 Å². The highest BCUT2D eigenvalue weighted by atomic mass is 35.5. The van der Waals surface area contributed by atoms with Crippen molar-refractivity contribution in [3.8, 4) is 0 Å². The maximum absolute atomic E-state index is 12.3. The molecule has 0 radical (unpaired) electrons. The van der Waals surface area contributed by atoms with Crippen LogP contribution in [0.25, 0.3) is 0 Å². The molecule has 0 N–H and O–H groups in total. The lowest BCUT2D eigenvalue weighted by molar-refractivity contribution is -0.384. The summed E-state index contributed by atoms with van der Waals surface area (Å²) in [5.74, 6) is -0.298. The molecule has 21 heavy (non-hydrogen) atoms. The first-order valence-electron chi connectivity index (χ1n) is 6.80. The van der Waals surface area contributed by atoms with E-state index in [1.165, 1.54) is 31.0 Å². The van der Waals surface area contributed by atoms with E-state index >= 15 is 0 Å². The van der Waals surface area contributed by atoms with Gasteiger partial charge in [-0.05, 0) is 26.0 Å². The Morgan fingerprint density at radius 2 is 2.05 bits per heavy atom. The molecule has 6 nitrogen and oxygen atoms in total. The van der Waals surface area contributed by atoms with Crippen molar-refractivity contribution in [2.75, 3.05) is 27.2 Å². The van der Waals surface area contributed by atoms with Crippen LogP contribution < -0.4 is 0 Å². The van der Waals surface area contributed by atoms with Gasteiger partial charge in [0.05, 0.1) is 10.5 Å². The summed E-state index contributed by atoms with van der Waals surface area (Å²) >= 11 is 5.97. The second-order valence-electron chi connectivity index (χ2n) is 5.33. The van der Waals surface area contributed by atoms with E-state index in [0.29, 0.717) is 12.6 Å². The number of nitro groups is 1. The number of likely N-dealkylation sites (N-methyl/N-ethyl adjacent to an activating group) is 2. The van der Waals surface area contributed by atoms with Gasteiger partial charge in [-0.15, -0.1) is 0 Å². The lowest BCUT2D eigenvalue weighted by Gasteiger charge is -2.22. The van der Waals surface area contributed by atoms with Crippen molar-refractivity contribution in [1.82, 2.24) is 9.80 Å². The zero-order valence-electron chi connectivity index (χ0n) is 12.1. The lowest BCUT2D eigenvalue weighted by Crippen LogP contribution is -2.35. The van der Waals surface area contributed by atoms with Gasteiger partial charge in [-0.2, -0.15) is 0 Å². The molecule has 1 aromatic rings. The summed E-state index contributed by atoms with van der Waals surface area (Å²) in [5.41, 5.74) is -0.0755. The number of benzene rings is 1. The molecule has 0 spiro atoms. The fraction of sp³-hybridized carbons (Fsp3) is 0.500. The molecule has 0 heterocycles. The minimum atomic E-state index is -0.583. The van der Waals surface area contributed by atoms with Crippen molar-refractivity contribution in [2.24, 2.45) is 0 Å². The predicted octanol–water partition coefficient (Wildman–Crippen LogP) is 2.41. The minimum absolute atomic E-state index is 0.102. The van der Waals surface area contributed by atoms with E-state index in [1.54, 1.807) is 11.9 Å². The first-order valence-corrected chi connectivity index (χ1v) is 7.18. The van der Waals surface area contributed by atoms with E-state index < -0.39 is 4.92 Å². The van der Waals surface area contributed by atoms with Crippen LogP contribution in [-0.2, 0) is 0 Å². The quantitative estimate of drug-likeness (QED) is 0.597. The zero-order chi connectivity index (χ0) is 15.6. The number of hydrogen-bond acceptors (Lipinski definition) is 4. The summed E-state index contributed by atoms with van der Waals surface area (Å²) in [7, 11) is 3.72. The van der Waals surface area contributed by atoms with Crippen LogP contribution in [0.2, 0.25) is 5.02 Å². The van der Waals surface area contributed by atoms with E-state index in [4.69, 9.17) is 11.6 Å². The van der Waals surface area contributed by atoms with Gasteiger partial charge in [-0.1, -0.05) is 17.7 Å². The van der Waals surface area contributed by atoms with Gasteiger partial charge in [0.2, 0.25) is 0 Å². The van der Waals surface area contributed by atoms with Crippen molar-refractivity contribution >= 4 is 23.2 Å². The number of rotatable bonds is 6. The number of hydrogen-bond donors (Lipinski definition) is 0. The van der Waals surface area contributed by atoms with Gasteiger partial charge in [0, 0.05) is 32.2 Å². The molecular weight excluding hydrogens is 294 g/mol. The molecule has 0 bridgehead atoms. The second kappa shape index (κ2) is 6.41. The van der Waals surface area contributed by atoms with Gasteiger partial charge in [0.15, 0.2) is 0 Å². The number of nitrogens with zero attached hydrogens (tertiary/aromatic N) is 3. The van der Waals surface area contributed by atoms with Crippen molar-refractivity contribution in [3.63, 3.8) is 0 Å². The lowest BCUT2D eigenvalue weighted by atomic mass is 10.1. The average molecular weight is 312 g/mol. The van der Waals surface area contributed by atoms with E-state index in [-0.39, 0.29) is 22.2 Å². The molecule has 1 saturated carbocycles. The smallest absolute Gasteiger partial charge is 0.288 e. The van der Waals surface area contributed by atoms with Crippen LogP contribution in [0.15, 0.2) is 18.2 Å². The third kappa shape index (κ3) is 3.71. The van der Waals surface area contributed by atoms with E-state index in [2.05, 4.69) is 4.90 Å². The molecule has 2 rings (SSSR count). The Balaban J connectivity index is 2.04. The number of amides is 1. The van der Waals surface area contributed by atoms with Crippen LogP contribution in [0, 0.1) is 10.1 Å². The minimum Gasteiger partial charge on any atom is -0.340 e. The molecule has 1 aromatic carbocycles. The van der Waals surface area contributed by atoms with Gasteiger partial charge in [0.25, 0.3) is 11.6 Å². The summed E-state index contributed by atoms with van der Waals surface area (Å²) in [6.07, 6.45) is 2.43. The monoisotopic (exact) mass is 311 g/mol. The average Bonchev–Trinajstić information content (AvgIpc) is 3.28. The van der Waals surface area contributed by atoms with Crippen molar-refractivity contribution in [3.05, 3.63) is 38.9 Å². The number of carbonyl (C=O) groups excluding carboxylic acids is 1. The first kappa shape index (κ1) is 15.7. The second-order valence-corrected chi connectivity index (χ2v) is 5.71. The summed E-state index contributed by atoms with van der Waals surface area (Å²) < 4.78 is 0. The summed E-state index contributed by atoms with van der Waals surface area (Å²) in [6, 6.07) is 4.91. The summed E-state index contributed by atoms with van der Waals surface area (Å²) in [6.45, 7) is 1.34. The van der Waals surface area contributed by atoms with Crippen molar-refractivity contribution in [1.29, 1.82) is 0 Å². The van der Waals surface area contributed by atoms with E-state index in [1.807, 2.05) is 7.05 Å². The SMILES string of the molecule is CN(CCN(C)C1CC1)C(=O)c1cccc([N+](=O)[O-])c1Cl. The highest BCUT2D eigenvalue weighted by molar-refractivity contribution is 6.35. The Bertz CT molecular complexity index is 560. The molecule has 1 aliphatic rings. The van der Waals surface area contributed by atoms with Crippen LogP contribution in [0.1, 0.15) is 23.2 Å². The molecule has 0 unspecified atom stereocenters. The Kier molecular flexibility index (Phi) is 4.80. The standard InChI is InChI=1S/C14H18ClN3O3/c1-16(10-6-7-10)8-9-17(2)14(19)11-4-3-5-12(13(11)15)18(20)21/h3-5,10H,6-9H2,1-2H3. The normalized spacial score (nSPS) is 14.3. The largest absolute Gasteiger partial charge is 0.340 e. The highest BCUT2D eigenvalue weighted by Gasteiger charge is 2.27. The molecule has 0 aromatic heterocycles. The molecule has 0 saturated heterocycles. The maximum Gasteiger partial charge on any atom is 0.288 e. The van der Waals surface area contributed by atoms with Crippen LogP contribution in [0.4, 0.5) is 5.69 Å². The molecule has 1 fully saturated rings. The van der Waals surface area contributed by atoms with Crippen LogP contribution in [-0.4, -0.2) is 53.9 Å². The molecular formula is C14H18ClN3O3. The predicted molar refractivity (Wildman–Crippen MR) is 80.7 cm³/mol. The third-order valence-corrected chi connectivity index (χ3v) is 4.11. The Morgan fingerprint density at radius 3 is 2.62 bits per heavy atom. The van der Waals surface area contributed by atoms with Crippen molar-refractivity contribution < 1.29 is 9.72 Å². The molecule has 1 aliphatic carbocycles. The van der Waals surface area contributed by atoms with Gasteiger partial charge >= 0.3 is 0 Å². The first-order chi connectivity index (χ1) is 9.91. The Hall–Kier alpha value is -1.66. The number of nitro benzene ring substituents is 1. The molecule has 1 amide bonds. The topological polar surface area (TPSA) is 66.7 Å². The zero-order valence-corrected chi connectivity index (χ0v) is 12.8. The fourth-order valence-electron chi connectivity index (χ4n) is 2.14. The third-order valence-electron chi connectivity index (χ3n) is 3.71. The van der Waals surface area contributed by atoms with Crippen LogP contribution in [0.5, 0.6) is 0 Å². The van der Waals surface area contributed by atoms with E-state index in [0.717, 1.165) is 6.54 Å². The van der Waals surface area contributed by atoms with Gasteiger partial charge < -0.3 is 9.80 Å². The van der Waals surface area contributed by atoms with Gasteiger partial charge in [0.1, 0.15) is 5.02 Å². The number of halogens is 1. The maximum atomic E-state index is 12.3. The molecule has 0 atom stereocenters. The molecule has 114 valence electrons. The Labute approximate surface area is 128 Å². The Morgan fingerprint density at radius 1 is 1.38 bits per heavy atom. The van der Waals surface area contributed by atoms with Crippen molar-refractivity contribution in [2.45, 2.75) is 18.9 Å².